The Balaban J connectivity index is 1.03. The molecule has 0 aliphatic heterocycles. The summed E-state index contributed by atoms with van der Waals surface area (Å²) >= 11 is 0. The van der Waals surface area contributed by atoms with Gasteiger partial charge in [0.15, 0.2) is 0 Å². The number of para-hydroxylation sites is 2. The van der Waals surface area contributed by atoms with E-state index in [1.807, 2.05) is 6.20 Å². The van der Waals surface area contributed by atoms with Gasteiger partial charge in [0.25, 0.3) is 0 Å². The second-order valence-electron chi connectivity index (χ2n) is 14.5. The van der Waals surface area contributed by atoms with E-state index in [9.17, 15) is 0 Å². The summed E-state index contributed by atoms with van der Waals surface area (Å²) in [6, 6.07) is 65.5. The van der Waals surface area contributed by atoms with E-state index < -0.39 is 0 Å². The van der Waals surface area contributed by atoms with Gasteiger partial charge in [-0.3, -0.25) is 4.98 Å². The summed E-state index contributed by atoms with van der Waals surface area (Å²) in [7, 11) is 0. The fourth-order valence-corrected chi connectivity index (χ4v) is 8.38. The molecule has 252 valence electrons. The average Bonchev–Trinajstić information content (AvgIpc) is 3.67. The van der Waals surface area contributed by atoms with Gasteiger partial charge in [0.2, 0.25) is 0 Å². The van der Waals surface area contributed by atoms with Crippen LogP contribution in [0.5, 0.6) is 0 Å². The van der Waals surface area contributed by atoms with Gasteiger partial charge in [-0.05, 0) is 94.0 Å². The zero-order valence-electron chi connectivity index (χ0n) is 29.7. The normalized spacial score (nSPS) is 12.9. The smallest absolute Gasteiger partial charge is 0.0703 e. The van der Waals surface area contributed by atoms with E-state index in [1.54, 1.807) is 0 Å². The number of benzene rings is 7. The molecule has 3 nitrogen and oxygen atoms in total. The summed E-state index contributed by atoms with van der Waals surface area (Å²) in [5.74, 6) is 0. The van der Waals surface area contributed by atoms with Crippen LogP contribution in [0, 0.1) is 0 Å². The maximum Gasteiger partial charge on any atom is 0.0703 e. The summed E-state index contributed by atoms with van der Waals surface area (Å²) in [4.78, 5) is 7.39. The van der Waals surface area contributed by atoms with Crippen LogP contribution in [0.1, 0.15) is 25.0 Å². The van der Waals surface area contributed by atoms with Crippen molar-refractivity contribution in [1.82, 2.24) is 9.55 Å². The van der Waals surface area contributed by atoms with Crippen molar-refractivity contribution < 1.29 is 0 Å². The summed E-state index contributed by atoms with van der Waals surface area (Å²) in [5.41, 5.74) is 16.4. The fourth-order valence-electron chi connectivity index (χ4n) is 8.38. The first kappa shape index (κ1) is 31.1. The highest BCUT2D eigenvalue weighted by Crippen LogP contribution is 2.50. The molecule has 1 aliphatic rings. The first-order valence-electron chi connectivity index (χ1n) is 18.3. The minimum atomic E-state index is -0.0989. The van der Waals surface area contributed by atoms with E-state index in [-0.39, 0.29) is 5.41 Å². The van der Waals surface area contributed by atoms with Crippen LogP contribution < -0.4 is 4.90 Å². The number of rotatable bonds is 6. The molecule has 0 fully saturated rings. The van der Waals surface area contributed by atoms with Crippen LogP contribution in [0.25, 0.3) is 61.0 Å². The topological polar surface area (TPSA) is 21.1 Å². The van der Waals surface area contributed by atoms with E-state index in [0.717, 1.165) is 34.0 Å². The first-order valence-corrected chi connectivity index (χ1v) is 18.3. The van der Waals surface area contributed by atoms with E-state index in [1.165, 1.54) is 55.2 Å². The van der Waals surface area contributed by atoms with Crippen LogP contribution >= 0.6 is 0 Å². The van der Waals surface area contributed by atoms with Crippen molar-refractivity contribution in [3.63, 3.8) is 0 Å². The molecule has 2 aromatic heterocycles. The zero-order valence-corrected chi connectivity index (χ0v) is 29.7. The highest BCUT2D eigenvalue weighted by Gasteiger charge is 2.35. The second kappa shape index (κ2) is 12.2. The molecule has 9 aromatic rings. The van der Waals surface area contributed by atoms with Crippen LogP contribution in [0.15, 0.2) is 188 Å². The van der Waals surface area contributed by atoms with E-state index in [4.69, 9.17) is 4.98 Å². The molecule has 0 spiro atoms. The lowest BCUT2D eigenvalue weighted by atomic mass is 9.82. The van der Waals surface area contributed by atoms with Crippen molar-refractivity contribution in [1.29, 1.82) is 0 Å². The molecular weight excluding hydrogens is 643 g/mol. The molecule has 0 N–H and O–H groups in total. The largest absolute Gasteiger partial charge is 0.309 e. The molecule has 0 bridgehead atoms. The number of pyridine rings is 1. The summed E-state index contributed by atoms with van der Waals surface area (Å²) in [6.07, 6.45) is 2.01. The van der Waals surface area contributed by atoms with Crippen molar-refractivity contribution >= 4 is 38.9 Å². The third-order valence-corrected chi connectivity index (χ3v) is 11.1. The molecule has 53 heavy (non-hydrogen) atoms. The number of fused-ring (bicyclic) bond motifs is 6. The summed E-state index contributed by atoms with van der Waals surface area (Å²) in [6.45, 7) is 4.67. The van der Waals surface area contributed by atoms with Crippen LogP contribution in [0.4, 0.5) is 17.1 Å². The SMILES string of the molecule is CC1(C)c2ccccc2-c2ccc(N(c3ccc(-c4ccccc4)cc3)c3ccc(-c4ccc(-n5c6ccccc6c6ccccc65)cc4)nc3)cc21. The van der Waals surface area contributed by atoms with E-state index >= 15 is 0 Å². The fraction of sp³-hybridized carbons (Fsp3) is 0.0600. The van der Waals surface area contributed by atoms with Crippen LogP contribution in [-0.2, 0) is 5.41 Å². The third-order valence-electron chi connectivity index (χ3n) is 11.1. The molecule has 0 unspecified atom stereocenters. The molecule has 0 amide bonds. The number of aromatic nitrogens is 2. The van der Waals surface area contributed by atoms with Crippen molar-refractivity contribution in [3.05, 3.63) is 199 Å². The first-order chi connectivity index (χ1) is 26.0. The molecule has 0 radical (unpaired) electrons. The molecule has 3 heteroatoms. The van der Waals surface area contributed by atoms with E-state index in [0.29, 0.717) is 0 Å². The highest BCUT2D eigenvalue weighted by atomic mass is 15.1. The number of nitrogens with zero attached hydrogens (tertiary/aromatic N) is 3. The Hall–Kier alpha value is -6.71. The van der Waals surface area contributed by atoms with Crippen LogP contribution in [0.3, 0.4) is 0 Å². The van der Waals surface area contributed by atoms with Crippen molar-refractivity contribution in [2.45, 2.75) is 19.3 Å². The van der Waals surface area contributed by atoms with Crippen LogP contribution in [-0.4, -0.2) is 9.55 Å². The monoisotopic (exact) mass is 679 g/mol. The number of hydrogen-bond acceptors (Lipinski definition) is 2. The molecule has 1 aliphatic carbocycles. The third kappa shape index (κ3) is 5.08. The van der Waals surface area contributed by atoms with Gasteiger partial charge in [0.1, 0.15) is 0 Å². The Morgan fingerprint density at radius 3 is 1.72 bits per heavy atom. The Labute approximate surface area is 310 Å². The minimum Gasteiger partial charge on any atom is -0.309 e. The molecule has 10 rings (SSSR count). The molecule has 7 aromatic carbocycles. The summed E-state index contributed by atoms with van der Waals surface area (Å²) in [5, 5.41) is 2.53. The molecular formula is C50H37N3. The Morgan fingerprint density at radius 2 is 1.02 bits per heavy atom. The Morgan fingerprint density at radius 1 is 0.453 bits per heavy atom. The van der Waals surface area contributed by atoms with E-state index in [2.05, 4.69) is 205 Å². The maximum atomic E-state index is 5.06. The van der Waals surface area contributed by atoms with Gasteiger partial charge in [-0.1, -0.05) is 135 Å². The zero-order chi connectivity index (χ0) is 35.5. The van der Waals surface area contributed by atoms with Gasteiger partial charge in [-0.15, -0.1) is 0 Å². The van der Waals surface area contributed by atoms with Crippen molar-refractivity contribution in [2.24, 2.45) is 0 Å². The van der Waals surface area contributed by atoms with Gasteiger partial charge in [0, 0.05) is 38.8 Å². The van der Waals surface area contributed by atoms with Crippen molar-refractivity contribution in [3.8, 4) is 39.2 Å². The molecule has 0 saturated carbocycles. The minimum absolute atomic E-state index is 0.0989. The molecule has 0 atom stereocenters. The quantitative estimate of drug-likeness (QED) is 0.174. The summed E-state index contributed by atoms with van der Waals surface area (Å²) < 4.78 is 2.35. The standard InChI is InChI=1S/C50H37N3/c1-50(2)45-17-9-6-14-41(45)42-30-28-39(32-46(42)50)52(37-24-20-35(21-25-37)34-12-4-3-5-13-34)40-29-31-47(51-33-40)36-22-26-38(27-23-36)53-48-18-10-7-15-43(48)44-16-8-11-19-49(44)53/h3-33H,1-2H3. The number of hydrogen-bond donors (Lipinski definition) is 0. The van der Waals surface area contributed by atoms with Gasteiger partial charge >= 0.3 is 0 Å². The van der Waals surface area contributed by atoms with Crippen LogP contribution in [0.2, 0.25) is 0 Å². The lowest BCUT2D eigenvalue weighted by Crippen LogP contribution is -2.16. The van der Waals surface area contributed by atoms with Gasteiger partial charge < -0.3 is 9.47 Å². The lowest BCUT2D eigenvalue weighted by Gasteiger charge is -2.28. The predicted octanol–water partition coefficient (Wildman–Crippen LogP) is 13.3. The average molecular weight is 680 g/mol. The second-order valence-corrected chi connectivity index (χ2v) is 14.5. The molecule has 0 saturated heterocycles. The highest BCUT2D eigenvalue weighted by molar-refractivity contribution is 6.09. The van der Waals surface area contributed by atoms with Crippen molar-refractivity contribution in [2.75, 3.05) is 4.90 Å². The molecule has 2 heterocycles. The van der Waals surface area contributed by atoms with Gasteiger partial charge in [0.05, 0.1) is 28.6 Å². The number of anilines is 3. The van der Waals surface area contributed by atoms with Gasteiger partial charge in [-0.25, -0.2) is 0 Å². The maximum absolute atomic E-state index is 5.06. The van der Waals surface area contributed by atoms with Gasteiger partial charge in [-0.2, -0.15) is 0 Å². The predicted molar refractivity (Wildman–Crippen MR) is 222 cm³/mol. The Kier molecular flexibility index (Phi) is 7.16. The lowest BCUT2D eigenvalue weighted by molar-refractivity contribution is 0.660. The Bertz CT molecular complexity index is 2720.